The summed E-state index contributed by atoms with van der Waals surface area (Å²) in [5.41, 5.74) is 1.65. The summed E-state index contributed by atoms with van der Waals surface area (Å²) in [7, 11) is 0. The molecule has 0 aromatic carbocycles. The molecule has 2 heterocycles. The van der Waals surface area contributed by atoms with Gasteiger partial charge >= 0.3 is 0 Å². The second kappa shape index (κ2) is 6.02. The van der Waals surface area contributed by atoms with Crippen LogP contribution in [0.2, 0.25) is 0 Å². The quantitative estimate of drug-likeness (QED) is 0.921. The number of amides is 1. The molecule has 0 atom stereocenters. The van der Waals surface area contributed by atoms with Crippen LogP contribution in [-0.2, 0) is 17.9 Å². The van der Waals surface area contributed by atoms with Gasteiger partial charge in [-0.2, -0.15) is 10.2 Å². The lowest BCUT2D eigenvalue weighted by Crippen LogP contribution is -2.20. The van der Waals surface area contributed by atoms with Crippen molar-refractivity contribution in [3.8, 4) is 0 Å². The smallest absolute Gasteiger partial charge is 0.282 e. The van der Waals surface area contributed by atoms with E-state index in [2.05, 4.69) is 15.5 Å². The Kier molecular flexibility index (Phi) is 4.35. The van der Waals surface area contributed by atoms with E-state index < -0.39 is 6.43 Å². The first-order valence-electron chi connectivity index (χ1n) is 6.57. The Bertz CT molecular complexity index is 647. The van der Waals surface area contributed by atoms with Gasteiger partial charge in [-0.05, 0) is 26.8 Å². The zero-order valence-electron chi connectivity index (χ0n) is 12.1. The van der Waals surface area contributed by atoms with Crippen LogP contribution in [0, 0.1) is 13.8 Å². The van der Waals surface area contributed by atoms with Crippen LogP contribution in [0.4, 0.5) is 14.5 Å². The number of anilines is 1. The first-order chi connectivity index (χ1) is 9.92. The molecule has 1 amide bonds. The molecule has 2 rings (SSSR count). The number of nitrogens with zero attached hydrogens (tertiary/aromatic N) is 4. The summed E-state index contributed by atoms with van der Waals surface area (Å²) in [5, 5.41) is 10.5. The number of carbonyl (C=O) groups is 1. The van der Waals surface area contributed by atoms with Crippen molar-refractivity contribution < 1.29 is 13.6 Å². The fourth-order valence-electron chi connectivity index (χ4n) is 2.02. The third-order valence-corrected chi connectivity index (χ3v) is 3.19. The molecule has 0 bridgehead atoms. The van der Waals surface area contributed by atoms with E-state index in [-0.39, 0.29) is 18.1 Å². The molecule has 6 nitrogen and oxygen atoms in total. The predicted molar refractivity (Wildman–Crippen MR) is 73.2 cm³/mol. The SMILES string of the molecule is CCn1ncc(NC(=O)Cn2nc(C(F)F)cc2C)c1C. The molecule has 21 heavy (non-hydrogen) atoms. The topological polar surface area (TPSA) is 64.7 Å². The highest BCUT2D eigenvalue weighted by Crippen LogP contribution is 2.18. The summed E-state index contributed by atoms with van der Waals surface area (Å²) >= 11 is 0. The number of aromatic nitrogens is 4. The molecule has 1 N–H and O–H groups in total. The number of nitrogens with one attached hydrogen (secondary N) is 1. The minimum absolute atomic E-state index is 0.116. The number of carbonyl (C=O) groups excluding carboxylic acids is 1. The van der Waals surface area contributed by atoms with E-state index in [9.17, 15) is 13.6 Å². The van der Waals surface area contributed by atoms with Gasteiger partial charge in [-0.3, -0.25) is 14.2 Å². The Balaban J connectivity index is 2.06. The first kappa shape index (κ1) is 15.1. The van der Waals surface area contributed by atoms with Crippen LogP contribution >= 0.6 is 0 Å². The zero-order chi connectivity index (χ0) is 15.6. The number of rotatable bonds is 5. The molecule has 0 fully saturated rings. The van der Waals surface area contributed by atoms with Crippen molar-refractivity contribution >= 4 is 11.6 Å². The van der Waals surface area contributed by atoms with Crippen molar-refractivity contribution in [3.05, 3.63) is 29.3 Å². The summed E-state index contributed by atoms with van der Waals surface area (Å²) in [4.78, 5) is 12.0. The molecule has 0 radical (unpaired) electrons. The molecular weight excluding hydrogens is 280 g/mol. The van der Waals surface area contributed by atoms with Crippen LogP contribution in [0.25, 0.3) is 0 Å². The van der Waals surface area contributed by atoms with E-state index in [1.165, 1.54) is 10.7 Å². The van der Waals surface area contributed by atoms with Crippen LogP contribution < -0.4 is 5.32 Å². The fraction of sp³-hybridized carbons (Fsp3) is 0.462. The standard InChI is InChI=1S/C13H17F2N5O/c1-4-19-9(3)11(6-16-19)17-12(21)7-20-8(2)5-10(18-20)13(14)15/h5-6,13H,4,7H2,1-3H3,(H,17,21). The van der Waals surface area contributed by atoms with Gasteiger partial charge in [0, 0.05) is 12.2 Å². The lowest BCUT2D eigenvalue weighted by atomic mass is 10.3. The van der Waals surface area contributed by atoms with E-state index in [1.54, 1.807) is 17.8 Å². The van der Waals surface area contributed by atoms with Crippen LogP contribution in [-0.4, -0.2) is 25.5 Å². The molecule has 0 aliphatic heterocycles. The third-order valence-electron chi connectivity index (χ3n) is 3.19. The van der Waals surface area contributed by atoms with Gasteiger partial charge in [0.05, 0.1) is 17.6 Å². The molecule has 2 aromatic rings. The highest BCUT2D eigenvalue weighted by Gasteiger charge is 2.16. The fourth-order valence-corrected chi connectivity index (χ4v) is 2.02. The van der Waals surface area contributed by atoms with Crippen LogP contribution in [0.5, 0.6) is 0 Å². The predicted octanol–water partition coefficient (Wildman–Crippen LogP) is 2.29. The van der Waals surface area contributed by atoms with Gasteiger partial charge < -0.3 is 5.32 Å². The van der Waals surface area contributed by atoms with Gasteiger partial charge in [0.25, 0.3) is 6.43 Å². The second-order valence-electron chi connectivity index (χ2n) is 4.68. The van der Waals surface area contributed by atoms with Crippen molar-refractivity contribution in [3.63, 3.8) is 0 Å². The molecule has 0 saturated heterocycles. The molecule has 0 spiro atoms. The molecule has 8 heteroatoms. The van der Waals surface area contributed by atoms with E-state index in [4.69, 9.17) is 0 Å². The number of halogens is 2. The maximum atomic E-state index is 12.6. The average Bonchev–Trinajstić information content (AvgIpc) is 2.95. The molecule has 2 aromatic heterocycles. The van der Waals surface area contributed by atoms with E-state index in [0.29, 0.717) is 17.9 Å². The summed E-state index contributed by atoms with van der Waals surface area (Å²) in [6, 6.07) is 1.28. The van der Waals surface area contributed by atoms with Gasteiger partial charge in [0.2, 0.25) is 5.91 Å². The van der Waals surface area contributed by atoms with Crippen molar-refractivity contribution in [2.24, 2.45) is 0 Å². The van der Waals surface area contributed by atoms with Crippen molar-refractivity contribution in [1.82, 2.24) is 19.6 Å². The number of hydrogen-bond acceptors (Lipinski definition) is 3. The van der Waals surface area contributed by atoms with E-state index in [0.717, 1.165) is 5.69 Å². The van der Waals surface area contributed by atoms with Gasteiger partial charge in [-0.1, -0.05) is 0 Å². The number of alkyl halides is 2. The summed E-state index contributed by atoms with van der Waals surface area (Å²) in [6.45, 7) is 6.02. The Labute approximate surface area is 120 Å². The Morgan fingerprint density at radius 1 is 1.38 bits per heavy atom. The van der Waals surface area contributed by atoms with Crippen LogP contribution in [0.3, 0.4) is 0 Å². The normalized spacial score (nSPS) is 11.1. The number of aryl methyl sites for hydroxylation is 2. The Morgan fingerprint density at radius 2 is 2.10 bits per heavy atom. The third kappa shape index (κ3) is 3.26. The molecular formula is C13H17F2N5O. The lowest BCUT2D eigenvalue weighted by Gasteiger charge is -2.06. The van der Waals surface area contributed by atoms with Crippen LogP contribution in [0.15, 0.2) is 12.3 Å². The molecule has 0 unspecified atom stereocenters. The Hall–Kier alpha value is -2.25. The highest BCUT2D eigenvalue weighted by atomic mass is 19.3. The molecule has 0 aliphatic carbocycles. The van der Waals surface area contributed by atoms with Crippen molar-refractivity contribution in [1.29, 1.82) is 0 Å². The maximum absolute atomic E-state index is 12.6. The highest BCUT2D eigenvalue weighted by molar-refractivity contribution is 5.90. The van der Waals surface area contributed by atoms with Gasteiger partial charge in [0.15, 0.2) is 0 Å². The largest absolute Gasteiger partial charge is 0.322 e. The van der Waals surface area contributed by atoms with Crippen LogP contribution in [0.1, 0.15) is 30.4 Å². The summed E-state index contributed by atoms with van der Waals surface area (Å²) in [6.07, 6.45) is -1.07. The van der Waals surface area contributed by atoms with Gasteiger partial charge in [-0.15, -0.1) is 0 Å². The van der Waals surface area contributed by atoms with E-state index >= 15 is 0 Å². The minimum atomic E-state index is -2.64. The summed E-state index contributed by atoms with van der Waals surface area (Å²) in [5.74, 6) is -0.333. The monoisotopic (exact) mass is 297 g/mol. The average molecular weight is 297 g/mol. The summed E-state index contributed by atoms with van der Waals surface area (Å²) < 4.78 is 28.1. The minimum Gasteiger partial charge on any atom is -0.322 e. The second-order valence-corrected chi connectivity index (χ2v) is 4.68. The zero-order valence-corrected chi connectivity index (χ0v) is 12.1. The first-order valence-corrected chi connectivity index (χ1v) is 6.57. The number of hydrogen-bond donors (Lipinski definition) is 1. The van der Waals surface area contributed by atoms with Crippen molar-refractivity contribution in [2.45, 2.75) is 40.3 Å². The molecule has 114 valence electrons. The lowest BCUT2D eigenvalue weighted by molar-refractivity contribution is -0.117. The molecule has 0 saturated carbocycles. The van der Waals surface area contributed by atoms with Crippen molar-refractivity contribution in [2.75, 3.05) is 5.32 Å². The molecule has 0 aliphatic rings. The van der Waals surface area contributed by atoms with Gasteiger partial charge in [-0.25, -0.2) is 8.78 Å². The van der Waals surface area contributed by atoms with E-state index in [1.807, 2.05) is 13.8 Å². The Morgan fingerprint density at radius 3 is 2.62 bits per heavy atom. The van der Waals surface area contributed by atoms with Gasteiger partial charge in [0.1, 0.15) is 12.2 Å². The maximum Gasteiger partial charge on any atom is 0.282 e.